The first-order chi connectivity index (χ1) is 9.86. The van der Waals surface area contributed by atoms with Crippen molar-refractivity contribution in [2.45, 2.75) is 6.54 Å². The van der Waals surface area contributed by atoms with E-state index in [0.717, 1.165) is 23.1 Å². The van der Waals surface area contributed by atoms with Crippen LogP contribution in [0, 0.1) is 0 Å². The van der Waals surface area contributed by atoms with Crippen molar-refractivity contribution in [1.29, 1.82) is 0 Å². The second-order valence-electron chi connectivity index (χ2n) is 4.32. The van der Waals surface area contributed by atoms with Crippen molar-refractivity contribution in [3.8, 4) is 9.88 Å². The quantitative estimate of drug-likeness (QED) is 0.711. The van der Waals surface area contributed by atoms with E-state index in [9.17, 15) is 0 Å². The Bertz CT molecular complexity index is 659. The number of nitrogens with one attached hydrogen (secondary N) is 1. The van der Waals surface area contributed by atoms with Gasteiger partial charge in [0.2, 0.25) is 0 Å². The summed E-state index contributed by atoms with van der Waals surface area (Å²) >= 11 is 3.41. The highest BCUT2D eigenvalue weighted by molar-refractivity contribution is 7.25. The van der Waals surface area contributed by atoms with E-state index in [4.69, 9.17) is 4.74 Å². The van der Waals surface area contributed by atoms with Crippen molar-refractivity contribution in [2.24, 2.45) is 0 Å². The van der Waals surface area contributed by atoms with Crippen LogP contribution in [0.3, 0.4) is 0 Å². The summed E-state index contributed by atoms with van der Waals surface area (Å²) < 4.78 is 6.28. The Morgan fingerprint density at radius 2 is 2.10 bits per heavy atom. The fourth-order valence-corrected chi connectivity index (χ4v) is 3.79. The zero-order valence-corrected chi connectivity index (χ0v) is 12.8. The second-order valence-corrected chi connectivity index (χ2v) is 6.46. The highest BCUT2D eigenvalue weighted by atomic mass is 32.1. The highest BCUT2D eigenvalue weighted by Crippen LogP contribution is 2.34. The van der Waals surface area contributed by atoms with Gasteiger partial charge in [-0.15, -0.1) is 21.5 Å². The highest BCUT2D eigenvalue weighted by Gasteiger charge is 2.09. The number of methoxy groups -OCH3 is 1. The molecule has 0 atom stereocenters. The molecule has 4 nitrogen and oxygen atoms in total. The van der Waals surface area contributed by atoms with Crippen molar-refractivity contribution in [1.82, 2.24) is 15.5 Å². The van der Waals surface area contributed by atoms with Crippen LogP contribution in [0.1, 0.15) is 5.01 Å². The van der Waals surface area contributed by atoms with Crippen LogP contribution >= 0.6 is 22.7 Å². The largest absolute Gasteiger partial charge is 0.383 e. The lowest BCUT2D eigenvalue weighted by Gasteiger charge is -1.99. The van der Waals surface area contributed by atoms with Crippen molar-refractivity contribution in [2.75, 3.05) is 20.3 Å². The Hall–Kier alpha value is -1.34. The van der Waals surface area contributed by atoms with Crippen LogP contribution in [0.15, 0.2) is 30.3 Å². The lowest BCUT2D eigenvalue weighted by atomic mass is 10.2. The number of aromatic nitrogens is 2. The third-order valence-electron chi connectivity index (χ3n) is 2.86. The molecular weight excluding hydrogens is 290 g/mol. The zero-order valence-electron chi connectivity index (χ0n) is 11.1. The molecule has 0 aliphatic heterocycles. The van der Waals surface area contributed by atoms with E-state index in [1.54, 1.807) is 29.8 Å². The summed E-state index contributed by atoms with van der Waals surface area (Å²) in [7, 11) is 1.70. The predicted molar refractivity (Wildman–Crippen MR) is 84.3 cm³/mol. The number of rotatable bonds is 6. The van der Waals surface area contributed by atoms with Crippen molar-refractivity contribution in [3.63, 3.8) is 0 Å². The molecule has 0 radical (unpaired) electrons. The van der Waals surface area contributed by atoms with E-state index in [-0.39, 0.29) is 0 Å². The van der Waals surface area contributed by atoms with Gasteiger partial charge in [-0.05, 0) is 17.5 Å². The van der Waals surface area contributed by atoms with Crippen LogP contribution in [0.5, 0.6) is 0 Å². The van der Waals surface area contributed by atoms with Gasteiger partial charge in [0.05, 0.1) is 11.5 Å². The number of hydrogen-bond acceptors (Lipinski definition) is 6. The molecule has 1 N–H and O–H groups in total. The summed E-state index contributed by atoms with van der Waals surface area (Å²) in [6.45, 7) is 2.28. The minimum absolute atomic E-state index is 0.710. The number of ether oxygens (including phenoxy) is 1. The fraction of sp³-hybridized carbons (Fsp3) is 0.286. The van der Waals surface area contributed by atoms with Gasteiger partial charge in [-0.3, -0.25) is 0 Å². The molecule has 2 heterocycles. The standard InChI is InChI=1S/C14H15N3OS2/c1-18-7-6-15-9-13-16-17-14(20-13)12-8-10-4-2-3-5-11(10)19-12/h2-5,8,15H,6-7,9H2,1H3. The van der Waals surface area contributed by atoms with E-state index in [1.165, 1.54) is 15.0 Å². The van der Waals surface area contributed by atoms with Crippen LogP contribution in [0.2, 0.25) is 0 Å². The van der Waals surface area contributed by atoms with Crippen molar-refractivity contribution in [3.05, 3.63) is 35.3 Å². The molecule has 0 spiro atoms. The van der Waals surface area contributed by atoms with Gasteiger partial charge in [0.25, 0.3) is 0 Å². The van der Waals surface area contributed by atoms with Crippen LogP contribution in [-0.4, -0.2) is 30.5 Å². The molecular formula is C14H15N3OS2. The van der Waals surface area contributed by atoms with Crippen LogP contribution in [0.4, 0.5) is 0 Å². The third-order valence-corrected chi connectivity index (χ3v) is 5.07. The summed E-state index contributed by atoms with van der Waals surface area (Å²) in [6, 6.07) is 10.6. The average molecular weight is 305 g/mol. The minimum Gasteiger partial charge on any atom is -0.383 e. The lowest BCUT2D eigenvalue weighted by molar-refractivity contribution is 0.199. The maximum atomic E-state index is 4.99. The van der Waals surface area contributed by atoms with Crippen molar-refractivity contribution < 1.29 is 4.74 Å². The Balaban J connectivity index is 1.72. The molecule has 0 saturated heterocycles. The summed E-state index contributed by atoms with van der Waals surface area (Å²) in [4.78, 5) is 1.19. The predicted octanol–water partition coefficient (Wildman–Crippen LogP) is 3.16. The summed E-state index contributed by atoms with van der Waals surface area (Å²) in [5, 5.41) is 15.1. The molecule has 20 heavy (non-hydrogen) atoms. The van der Waals surface area contributed by atoms with Gasteiger partial charge in [-0.2, -0.15) is 0 Å². The Labute approximate surface area is 125 Å². The van der Waals surface area contributed by atoms with Gasteiger partial charge in [0.1, 0.15) is 5.01 Å². The smallest absolute Gasteiger partial charge is 0.157 e. The number of thiophene rings is 1. The van der Waals surface area contributed by atoms with Crippen LogP contribution < -0.4 is 5.32 Å². The maximum absolute atomic E-state index is 4.99. The van der Waals surface area contributed by atoms with Gasteiger partial charge in [0.15, 0.2) is 5.01 Å². The molecule has 0 bridgehead atoms. The lowest BCUT2D eigenvalue weighted by Crippen LogP contribution is -2.18. The SMILES string of the molecule is COCCNCc1nnc(-c2cc3ccccc3s2)s1. The minimum atomic E-state index is 0.710. The molecule has 104 valence electrons. The van der Waals surface area contributed by atoms with Gasteiger partial charge in [0, 0.05) is 24.9 Å². The van der Waals surface area contributed by atoms with Crippen molar-refractivity contribution >= 4 is 32.8 Å². The zero-order chi connectivity index (χ0) is 13.8. The van der Waals surface area contributed by atoms with Crippen LogP contribution in [0.25, 0.3) is 20.0 Å². The topological polar surface area (TPSA) is 47.0 Å². The Kier molecular flexibility index (Phi) is 4.37. The van der Waals surface area contributed by atoms with Gasteiger partial charge in [-0.25, -0.2) is 0 Å². The van der Waals surface area contributed by atoms with Gasteiger partial charge < -0.3 is 10.1 Å². The fourth-order valence-electron chi connectivity index (χ4n) is 1.88. The molecule has 0 aliphatic carbocycles. The Morgan fingerprint density at radius 3 is 2.95 bits per heavy atom. The normalized spacial score (nSPS) is 11.2. The monoisotopic (exact) mass is 305 g/mol. The van der Waals surface area contributed by atoms with E-state index in [2.05, 4.69) is 45.8 Å². The molecule has 3 aromatic rings. The number of nitrogens with zero attached hydrogens (tertiary/aromatic N) is 2. The molecule has 0 aliphatic rings. The first kappa shape index (κ1) is 13.6. The number of benzene rings is 1. The van der Waals surface area contributed by atoms with E-state index < -0.39 is 0 Å². The van der Waals surface area contributed by atoms with E-state index in [1.807, 2.05) is 0 Å². The summed E-state index contributed by atoms with van der Waals surface area (Å²) in [5.41, 5.74) is 0. The molecule has 0 amide bonds. The molecule has 0 fully saturated rings. The third kappa shape index (κ3) is 3.04. The molecule has 3 rings (SSSR count). The molecule has 0 unspecified atom stereocenters. The number of hydrogen-bond donors (Lipinski definition) is 1. The van der Waals surface area contributed by atoms with Gasteiger partial charge in [-0.1, -0.05) is 29.5 Å². The average Bonchev–Trinajstić information content (AvgIpc) is 3.09. The van der Waals surface area contributed by atoms with Crippen LogP contribution in [-0.2, 0) is 11.3 Å². The molecule has 2 aromatic heterocycles. The Morgan fingerprint density at radius 1 is 1.20 bits per heavy atom. The van der Waals surface area contributed by atoms with Gasteiger partial charge >= 0.3 is 0 Å². The molecule has 1 aromatic carbocycles. The first-order valence-corrected chi connectivity index (χ1v) is 8.01. The van der Waals surface area contributed by atoms with E-state index >= 15 is 0 Å². The number of fused-ring (bicyclic) bond motifs is 1. The maximum Gasteiger partial charge on any atom is 0.157 e. The van der Waals surface area contributed by atoms with E-state index in [0.29, 0.717) is 6.61 Å². The summed E-state index contributed by atoms with van der Waals surface area (Å²) in [6.07, 6.45) is 0. The molecule has 6 heteroatoms. The molecule has 0 saturated carbocycles. The summed E-state index contributed by atoms with van der Waals surface area (Å²) in [5.74, 6) is 0. The second kappa shape index (κ2) is 6.41. The first-order valence-electron chi connectivity index (χ1n) is 6.38.